The van der Waals surface area contributed by atoms with Crippen LogP contribution in [0.5, 0.6) is 0 Å². The van der Waals surface area contributed by atoms with Crippen molar-refractivity contribution in [3.05, 3.63) is 70.4 Å². The molecule has 1 aromatic heterocycles. The van der Waals surface area contributed by atoms with Crippen LogP contribution in [-0.4, -0.2) is 12.0 Å². The molecule has 3 heteroatoms. The van der Waals surface area contributed by atoms with Crippen molar-refractivity contribution in [2.75, 3.05) is 7.05 Å². The Kier molecular flexibility index (Phi) is 3.02. The Morgan fingerprint density at radius 3 is 2.81 bits per heavy atom. The number of fused-ring (bicyclic) bond motifs is 2. The van der Waals surface area contributed by atoms with Gasteiger partial charge in [-0.3, -0.25) is 0 Å². The van der Waals surface area contributed by atoms with E-state index in [0.717, 1.165) is 11.4 Å². The molecular formula is C18H17ClN2. The summed E-state index contributed by atoms with van der Waals surface area (Å²) in [5.74, 6) is 0.422. The van der Waals surface area contributed by atoms with Gasteiger partial charge in [-0.05, 0) is 48.4 Å². The molecule has 2 aromatic carbocycles. The molecule has 1 heterocycles. The van der Waals surface area contributed by atoms with Gasteiger partial charge >= 0.3 is 0 Å². The number of hydrogen-bond acceptors (Lipinski definition) is 1. The number of benzene rings is 2. The van der Waals surface area contributed by atoms with Gasteiger partial charge in [0.25, 0.3) is 0 Å². The van der Waals surface area contributed by atoms with Crippen LogP contribution in [0.2, 0.25) is 5.02 Å². The van der Waals surface area contributed by atoms with Crippen molar-refractivity contribution in [1.29, 1.82) is 0 Å². The van der Waals surface area contributed by atoms with E-state index in [4.69, 9.17) is 11.6 Å². The van der Waals surface area contributed by atoms with Crippen molar-refractivity contribution < 1.29 is 0 Å². The second-order valence-corrected chi connectivity index (χ2v) is 6.13. The molecular weight excluding hydrogens is 280 g/mol. The topological polar surface area (TPSA) is 27.8 Å². The van der Waals surface area contributed by atoms with E-state index in [1.165, 1.54) is 27.6 Å². The van der Waals surface area contributed by atoms with Crippen LogP contribution in [0, 0.1) is 0 Å². The summed E-state index contributed by atoms with van der Waals surface area (Å²) in [4.78, 5) is 3.39. The van der Waals surface area contributed by atoms with E-state index in [2.05, 4.69) is 52.9 Å². The zero-order chi connectivity index (χ0) is 14.4. The Hall–Kier alpha value is -1.77. The van der Waals surface area contributed by atoms with Gasteiger partial charge in [-0.1, -0.05) is 35.9 Å². The van der Waals surface area contributed by atoms with Crippen LogP contribution in [0.3, 0.4) is 0 Å². The Morgan fingerprint density at radius 1 is 1.10 bits per heavy atom. The van der Waals surface area contributed by atoms with Crippen molar-refractivity contribution in [3.63, 3.8) is 0 Å². The summed E-state index contributed by atoms with van der Waals surface area (Å²) < 4.78 is 0. The summed E-state index contributed by atoms with van der Waals surface area (Å²) in [6.07, 6.45) is 3.24. The van der Waals surface area contributed by atoms with Gasteiger partial charge < -0.3 is 10.3 Å². The SMILES string of the molecule is CNC1CC(c2c[nH]c3ccccc23)c2ccc(Cl)cc21. The predicted molar refractivity (Wildman–Crippen MR) is 88.0 cm³/mol. The van der Waals surface area contributed by atoms with E-state index >= 15 is 0 Å². The van der Waals surface area contributed by atoms with Crippen LogP contribution in [0.1, 0.15) is 35.1 Å². The average molecular weight is 297 g/mol. The van der Waals surface area contributed by atoms with Gasteiger partial charge in [-0.25, -0.2) is 0 Å². The molecule has 0 spiro atoms. The number of nitrogens with one attached hydrogen (secondary N) is 2. The molecule has 0 saturated heterocycles. The second kappa shape index (κ2) is 4.90. The van der Waals surface area contributed by atoms with Crippen LogP contribution < -0.4 is 5.32 Å². The first kappa shape index (κ1) is 12.9. The molecule has 1 aliphatic rings. The third-order valence-corrected chi connectivity index (χ3v) is 4.85. The van der Waals surface area contributed by atoms with Crippen molar-refractivity contribution >= 4 is 22.5 Å². The van der Waals surface area contributed by atoms with Crippen LogP contribution in [0.4, 0.5) is 0 Å². The quantitative estimate of drug-likeness (QED) is 0.710. The molecule has 2 atom stereocenters. The van der Waals surface area contributed by atoms with Crippen molar-refractivity contribution in [2.24, 2.45) is 0 Å². The van der Waals surface area contributed by atoms with E-state index in [0.29, 0.717) is 12.0 Å². The number of halogens is 1. The maximum Gasteiger partial charge on any atom is 0.0457 e. The molecule has 1 aliphatic carbocycles. The highest BCUT2D eigenvalue weighted by molar-refractivity contribution is 6.30. The van der Waals surface area contributed by atoms with E-state index < -0.39 is 0 Å². The van der Waals surface area contributed by atoms with Gasteiger partial charge in [0.1, 0.15) is 0 Å². The molecule has 21 heavy (non-hydrogen) atoms. The molecule has 0 fully saturated rings. The summed E-state index contributed by atoms with van der Waals surface area (Å²) in [6, 6.07) is 15.2. The molecule has 3 aromatic rings. The lowest BCUT2D eigenvalue weighted by Gasteiger charge is -2.11. The fourth-order valence-corrected chi connectivity index (χ4v) is 3.79. The first-order chi connectivity index (χ1) is 10.3. The van der Waals surface area contributed by atoms with Gasteiger partial charge in [-0.2, -0.15) is 0 Å². The van der Waals surface area contributed by atoms with Crippen molar-refractivity contribution in [1.82, 2.24) is 10.3 Å². The minimum absolute atomic E-state index is 0.373. The predicted octanol–water partition coefficient (Wildman–Crippen LogP) is 4.62. The van der Waals surface area contributed by atoms with Crippen LogP contribution in [-0.2, 0) is 0 Å². The Balaban J connectivity index is 1.87. The lowest BCUT2D eigenvalue weighted by Crippen LogP contribution is -2.13. The monoisotopic (exact) mass is 296 g/mol. The molecule has 0 radical (unpaired) electrons. The van der Waals surface area contributed by atoms with Crippen LogP contribution in [0.15, 0.2) is 48.7 Å². The number of hydrogen-bond donors (Lipinski definition) is 2. The highest BCUT2D eigenvalue weighted by Crippen LogP contribution is 2.46. The number of aromatic amines is 1. The summed E-state index contributed by atoms with van der Waals surface area (Å²) in [5, 5.41) is 5.55. The zero-order valence-corrected chi connectivity index (χ0v) is 12.6. The fraction of sp³-hybridized carbons (Fsp3) is 0.222. The number of rotatable bonds is 2. The van der Waals surface area contributed by atoms with E-state index in [-0.39, 0.29) is 0 Å². The fourth-order valence-electron chi connectivity index (χ4n) is 3.60. The zero-order valence-electron chi connectivity index (χ0n) is 11.9. The van der Waals surface area contributed by atoms with Gasteiger partial charge in [0.15, 0.2) is 0 Å². The third kappa shape index (κ3) is 1.98. The molecule has 106 valence electrons. The molecule has 0 bridgehead atoms. The number of aromatic nitrogens is 1. The van der Waals surface area contributed by atoms with E-state index in [1.54, 1.807) is 0 Å². The molecule has 2 N–H and O–H groups in total. The van der Waals surface area contributed by atoms with Crippen molar-refractivity contribution in [3.8, 4) is 0 Å². The molecule has 0 aliphatic heterocycles. The lowest BCUT2D eigenvalue weighted by atomic mass is 9.93. The third-order valence-electron chi connectivity index (χ3n) is 4.62. The Bertz CT molecular complexity index is 806. The average Bonchev–Trinajstić information content (AvgIpc) is 3.07. The summed E-state index contributed by atoms with van der Waals surface area (Å²) in [5.41, 5.74) is 5.31. The lowest BCUT2D eigenvalue weighted by molar-refractivity contribution is 0.566. The first-order valence-corrected chi connectivity index (χ1v) is 7.68. The summed E-state index contributed by atoms with van der Waals surface area (Å²) in [6.45, 7) is 0. The van der Waals surface area contributed by atoms with Gasteiger partial charge in [-0.15, -0.1) is 0 Å². The molecule has 2 unspecified atom stereocenters. The number of H-pyrrole nitrogens is 1. The van der Waals surface area contributed by atoms with Gasteiger partial charge in [0, 0.05) is 34.1 Å². The number of para-hydroxylation sites is 1. The minimum Gasteiger partial charge on any atom is -0.361 e. The largest absolute Gasteiger partial charge is 0.361 e. The molecule has 2 nitrogen and oxygen atoms in total. The van der Waals surface area contributed by atoms with Crippen molar-refractivity contribution in [2.45, 2.75) is 18.4 Å². The first-order valence-electron chi connectivity index (χ1n) is 7.30. The minimum atomic E-state index is 0.373. The molecule has 0 saturated carbocycles. The highest BCUT2D eigenvalue weighted by Gasteiger charge is 2.32. The second-order valence-electron chi connectivity index (χ2n) is 5.69. The highest BCUT2D eigenvalue weighted by atomic mass is 35.5. The smallest absolute Gasteiger partial charge is 0.0457 e. The summed E-state index contributed by atoms with van der Waals surface area (Å²) in [7, 11) is 2.02. The van der Waals surface area contributed by atoms with Gasteiger partial charge in [0.05, 0.1) is 0 Å². The standard InChI is InChI=1S/C18H17ClN2/c1-20-18-9-14(12-7-6-11(19)8-15(12)18)16-10-21-17-5-3-2-4-13(16)17/h2-8,10,14,18,20-21H,9H2,1H3. The maximum absolute atomic E-state index is 6.18. The normalized spacial score (nSPS) is 20.9. The summed E-state index contributed by atoms with van der Waals surface area (Å²) >= 11 is 6.18. The van der Waals surface area contributed by atoms with Crippen LogP contribution >= 0.6 is 11.6 Å². The Labute approximate surface area is 129 Å². The van der Waals surface area contributed by atoms with Gasteiger partial charge in [0.2, 0.25) is 0 Å². The van der Waals surface area contributed by atoms with E-state index in [9.17, 15) is 0 Å². The Morgan fingerprint density at radius 2 is 1.95 bits per heavy atom. The van der Waals surface area contributed by atoms with E-state index in [1.807, 2.05) is 13.1 Å². The molecule has 4 rings (SSSR count). The molecule has 0 amide bonds. The van der Waals surface area contributed by atoms with Crippen LogP contribution in [0.25, 0.3) is 10.9 Å². The maximum atomic E-state index is 6.18.